The summed E-state index contributed by atoms with van der Waals surface area (Å²) in [6.07, 6.45) is 0.00176. The lowest BCUT2D eigenvalue weighted by Gasteiger charge is -2.25. The smallest absolute Gasteiger partial charge is 0.307 e. The van der Waals surface area contributed by atoms with Crippen LogP contribution in [-0.2, 0) is 16.9 Å². The van der Waals surface area contributed by atoms with Crippen molar-refractivity contribution in [3.8, 4) is 5.75 Å². The maximum Gasteiger partial charge on any atom is 0.307 e. The predicted octanol–water partition coefficient (Wildman–Crippen LogP) is 2.15. The molecule has 0 radical (unpaired) electrons. The summed E-state index contributed by atoms with van der Waals surface area (Å²) in [5, 5.41) is 22.1. The molecule has 0 saturated heterocycles. The van der Waals surface area contributed by atoms with E-state index in [1.165, 1.54) is 0 Å². The molecule has 0 aromatic heterocycles. The molecule has 2 aromatic carbocycles. The molecule has 0 amide bonds. The third-order valence-electron chi connectivity index (χ3n) is 3.45. The van der Waals surface area contributed by atoms with Gasteiger partial charge < -0.3 is 14.9 Å². The van der Waals surface area contributed by atoms with Gasteiger partial charge in [0, 0.05) is 6.54 Å². The predicted molar refractivity (Wildman–Crippen MR) is 87.3 cm³/mol. The number of aliphatic hydroxyl groups is 1. The maximum atomic E-state index is 10.6. The van der Waals surface area contributed by atoms with Crippen molar-refractivity contribution in [2.24, 2.45) is 0 Å². The highest BCUT2D eigenvalue weighted by atomic mass is 16.5. The number of rotatable bonds is 8. The van der Waals surface area contributed by atoms with Crippen LogP contribution >= 0.6 is 0 Å². The summed E-state index contributed by atoms with van der Waals surface area (Å²) >= 11 is 0. The van der Waals surface area contributed by atoms with E-state index in [9.17, 15) is 9.90 Å². The Morgan fingerprint density at radius 1 is 1.13 bits per heavy atom. The maximum absolute atomic E-state index is 10.6. The van der Waals surface area contributed by atoms with Gasteiger partial charge in [-0.1, -0.05) is 42.5 Å². The molecule has 0 saturated carbocycles. The molecule has 5 heteroatoms. The Hall–Kier alpha value is -2.37. The van der Waals surface area contributed by atoms with Crippen LogP contribution in [0.15, 0.2) is 54.6 Å². The molecule has 0 bridgehead atoms. The minimum absolute atomic E-state index is 0.00176. The van der Waals surface area contributed by atoms with Crippen LogP contribution in [0.4, 0.5) is 0 Å². The van der Waals surface area contributed by atoms with E-state index in [4.69, 9.17) is 9.84 Å². The number of carboxylic acid groups (broad SMARTS) is 1. The molecule has 0 fully saturated rings. The van der Waals surface area contributed by atoms with Crippen molar-refractivity contribution in [2.45, 2.75) is 19.1 Å². The third kappa shape index (κ3) is 5.39. The molecular weight excluding hydrogens is 294 g/mol. The van der Waals surface area contributed by atoms with Crippen LogP contribution in [0, 0.1) is 0 Å². The van der Waals surface area contributed by atoms with E-state index in [0.717, 1.165) is 11.1 Å². The van der Waals surface area contributed by atoms with Crippen LogP contribution in [0.3, 0.4) is 0 Å². The van der Waals surface area contributed by atoms with Gasteiger partial charge in [0.2, 0.25) is 0 Å². The molecule has 1 unspecified atom stereocenters. The fourth-order valence-electron chi connectivity index (χ4n) is 2.21. The molecule has 23 heavy (non-hydrogen) atoms. The van der Waals surface area contributed by atoms with E-state index < -0.39 is 11.7 Å². The van der Waals surface area contributed by atoms with E-state index >= 15 is 0 Å². The van der Waals surface area contributed by atoms with Crippen molar-refractivity contribution in [1.29, 1.82) is 0 Å². The molecule has 0 heterocycles. The lowest BCUT2D eigenvalue weighted by atomic mass is 10.1. The van der Waals surface area contributed by atoms with Crippen molar-refractivity contribution in [2.75, 3.05) is 13.2 Å². The normalized spacial score (nSPS) is 13.3. The summed E-state index contributed by atoms with van der Waals surface area (Å²) in [7, 11) is 0. The zero-order valence-electron chi connectivity index (χ0n) is 13.0. The minimum atomic E-state index is -1.12. The largest absolute Gasteiger partial charge is 0.492 e. The van der Waals surface area contributed by atoms with Crippen LogP contribution in [0.25, 0.3) is 0 Å². The second-order valence-corrected chi connectivity index (χ2v) is 5.43. The van der Waals surface area contributed by atoms with Gasteiger partial charge in [0.15, 0.2) is 0 Å². The first kappa shape index (κ1) is 17.0. The molecular formula is C18H21NO4. The second-order valence-electron chi connectivity index (χ2n) is 5.43. The van der Waals surface area contributed by atoms with Crippen LogP contribution in [-0.4, -0.2) is 29.3 Å². The SMILES string of the molecule is CC(O)(NCCOc1ccc(CC(=O)O)cc1)c1ccccc1. The quantitative estimate of drug-likeness (QED) is 0.514. The van der Waals surface area contributed by atoms with Crippen molar-refractivity contribution in [3.63, 3.8) is 0 Å². The topological polar surface area (TPSA) is 78.8 Å². The van der Waals surface area contributed by atoms with Gasteiger partial charge in [0.1, 0.15) is 18.1 Å². The number of aliphatic carboxylic acids is 1. The van der Waals surface area contributed by atoms with Crippen molar-refractivity contribution < 1.29 is 19.7 Å². The number of benzene rings is 2. The number of hydrogen-bond donors (Lipinski definition) is 3. The van der Waals surface area contributed by atoms with E-state index in [1.807, 2.05) is 30.3 Å². The van der Waals surface area contributed by atoms with Crippen LogP contribution in [0.1, 0.15) is 18.1 Å². The van der Waals surface area contributed by atoms with E-state index in [1.54, 1.807) is 31.2 Å². The number of ether oxygens (including phenoxy) is 1. The lowest BCUT2D eigenvalue weighted by Crippen LogP contribution is -2.41. The van der Waals surface area contributed by atoms with Crippen molar-refractivity contribution in [1.82, 2.24) is 5.32 Å². The molecule has 0 aliphatic rings. The van der Waals surface area contributed by atoms with E-state index in [2.05, 4.69) is 5.32 Å². The van der Waals surface area contributed by atoms with Crippen molar-refractivity contribution >= 4 is 5.97 Å². The van der Waals surface area contributed by atoms with Crippen LogP contribution < -0.4 is 10.1 Å². The lowest BCUT2D eigenvalue weighted by molar-refractivity contribution is -0.136. The highest BCUT2D eigenvalue weighted by molar-refractivity contribution is 5.70. The molecule has 0 aliphatic heterocycles. The van der Waals surface area contributed by atoms with E-state index in [-0.39, 0.29) is 6.42 Å². The van der Waals surface area contributed by atoms with Gasteiger partial charge in [-0.05, 0) is 30.2 Å². The number of carbonyl (C=O) groups is 1. The van der Waals surface area contributed by atoms with Gasteiger partial charge in [0.05, 0.1) is 6.42 Å². The monoisotopic (exact) mass is 315 g/mol. The zero-order valence-corrected chi connectivity index (χ0v) is 13.0. The molecule has 2 rings (SSSR count). The van der Waals surface area contributed by atoms with Gasteiger partial charge in [-0.3, -0.25) is 10.1 Å². The first-order valence-corrected chi connectivity index (χ1v) is 7.44. The number of nitrogens with one attached hydrogen (secondary N) is 1. The van der Waals surface area contributed by atoms with Crippen LogP contribution in [0.2, 0.25) is 0 Å². The molecule has 3 N–H and O–H groups in total. The summed E-state index contributed by atoms with van der Waals surface area (Å²) < 4.78 is 5.58. The summed E-state index contributed by atoms with van der Waals surface area (Å²) in [5.41, 5.74) is 0.406. The standard InChI is InChI=1S/C18H21NO4/c1-18(22,15-5-3-2-4-6-15)19-11-12-23-16-9-7-14(8-10-16)13-17(20)21/h2-10,19,22H,11-13H2,1H3,(H,20,21). The Bertz CT molecular complexity index is 623. The Labute approximate surface area is 135 Å². The number of carboxylic acids is 1. The summed E-state index contributed by atoms with van der Waals surface area (Å²) in [5.74, 6) is -0.189. The van der Waals surface area contributed by atoms with E-state index in [0.29, 0.717) is 18.9 Å². The summed E-state index contributed by atoms with van der Waals surface area (Å²) in [6, 6.07) is 16.3. The van der Waals surface area contributed by atoms with Gasteiger partial charge in [-0.25, -0.2) is 0 Å². The molecule has 0 spiro atoms. The van der Waals surface area contributed by atoms with Crippen LogP contribution in [0.5, 0.6) is 5.75 Å². The Balaban J connectivity index is 1.78. The third-order valence-corrected chi connectivity index (χ3v) is 3.45. The Morgan fingerprint density at radius 2 is 1.78 bits per heavy atom. The highest BCUT2D eigenvalue weighted by Crippen LogP contribution is 2.16. The molecule has 5 nitrogen and oxygen atoms in total. The fourth-order valence-corrected chi connectivity index (χ4v) is 2.21. The summed E-state index contributed by atoms with van der Waals surface area (Å²) in [6.45, 7) is 2.56. The molecule has 1 atom stereocenters. The van der Waals surface area contributed by atoms with Gasteiger partial charge in [0.25, 0.3) is 0 Å². The first-order valence-electron chi connectivity index (χ1n) is 7.44. The van der Waals surface area contributed by atoms with Gasteiger partial charge in [-0.15, -0.1) is 0 Å². The number of hydrogen-bond acceptors (Lipinski definition) is 4. The Kier molecular flexibility index (Phi) is 5.73. The average Bonchev–Trinajstić information content (AvgIpc) is 2.53. The van der Waals surface area contributed by atoms with Gasteiger partial charge in [-0.2, -0.15) is 0 Å². The first-order chi connectivity index (χ1) is 11.0. The summed E-state index contributed by atoms with van der Waals surface area (Å²) in [4.78, 5) is 10.6. The van der Waals surface area contributed by atoms with Gasteiger partial charge >= 0.3 is 5.97 Å². The Morgan fingerprint density at radius 3 is 2.39 bits per heavy atom. The minimum Gasteiger partial charge on any atom is -0.492 e. The second kappa shape index (κ2) is 7.76. The molecule has 0 aliphatic carbocycles. The average molecular weight is 315 g/mol. The fraction of sp³-hybridized carbons (Fsp3) is 0.278. The van der Waals surface area contributed by atoms with Crippen molar-refractivity contribution in [3.05, 3.63) is 65.7 Å². The molecule has 2 aromatic rings. The zero-order chi connectivity index (χ0) is 16.7. The highest BCUT2D eigenvalue weighted by Gasteiger charge is 2.21. The molecule has 122 valence electrons.